The first-order valence-electron chi connectivity index (χ1n) is 8.42. The number of nitrogens with one attached hydrogen (secondary N) is 1. The third-order valence-corrected chi connectivity index (χ3v) is 3.35. The first-order valence-corrected chi connectivity index (χ1v) is 8.42. The van der Waals surface area contributed by atoms with Crippen molar-refractivity contribution in [1.82, 2.24) is 5.32 Å². The first kappa shape index (κ1) is 20.2. The Morgan fingerprint density at radius 2 is 1.75 bits per heavy atom. The zero-order chi connectivity index (χ0) is 18.2. The van der Waals surface area contributed by atoms with E-state index in [4.69, 9.17) is 9.47 Å². The van der Waals surface area contributed by atoms with Gasteiger partial charge in [0.2, 0.25) is 0 Å². The summed E-state index contributed by atoms with van der Waals surface area (Å²) < 4.78 is 10.5. The summed E-state index contributed by atoms with van der Waals surface area (Å²) in [5, 5.41) is 3.05. The summed E-state index contributed by atoms with van der Waals surface area (Å²) in [4.78, 5) is 24.3. The molecule has 0 fully saturated rings. The van der Waals surface area contributed by atoms with Crippen molar-refractivity contribution in [3.05, 3.63) is 35.9 Å². The summed E-state index contributed by atoms with van der Waals surface area (Å²) in [6, 6.07) is 8.77. The smallest absolute Gasteiger partial charge is 0.323 e. The van der Waals surface area contributed by atoms with Crippen LogP contribution in [0.5, 0.6) is 0 Å². The molecule has 1 rings (SSSR count). The van der Waals surface area contributed by atoms with E-state index in [1.807, 2.05) is 51.1 Å². The minimum Gasteiger partial charge on any atom is -0.465 e. The van der Waals surface area contributed by atoms with Gasteiger partial charge < -0.3 is 9.47 Å². The summed E-state index contributed by atoms with van der Waals surface area (Å²) in [7, 11) is 0. The Morgan fingerprint density at radius 1 is 1.12 bits per heavy atom. The average Bonchev–Trinajstić information content (AvgIpc) is 2.50. The number of rotatable bonds is 8. The minimum absolute atomic E-state index is 0.309. The van der Waals surface area contributed by atoms with Crippen molar-refractivity contribution in [2.24, 2.45) is 0 Å². The van der Waals surface area contributed by atoms with Gasteiger partial charge in [0, 0.05) is 0 Å². The van der Waals surface area contributed by atoms with Crippen LogP contribution in [0.25, 0.3) is 0 Å². The molecule has 0 aliphatic rings. The van der Waals surface area contributed by atoms with Crippen molar-refractivity contribution < 1.29 is 19.1 Å². The number of carbonyl (C=O) groups excluding carboxylic acids is 2. The van der Waals surface area contributed by atoms with Crippen LogP contribution >= 0.6 is 0 Å². The number of carbonyl (C=O) groups is 2. The third kappa shape index (κ3) is 7.59. The van der Waals surface area contributed by atoms with E-state index in [2.05, 4.69) is 5.32 Å². The largest absolute Gasteiger partial charge is 0.465 e. The van der Waals surface area contributed by atoms with Gasteiger partial charge in [-0.1, -0.05) is 30.3 Å². The lowest BCUT2D eigenvalue weighted by atomic mass is 10.0. The number of hydrogen-bond acceptors (Lipinski definition) is 5. The molecule has 0 heterocycles. The van der Waals surface area contributed by atoms with Crippen molar-refractivity contribution in [1.29, 1.82) is 0 Å². The molecule has 0 aliphatic carbocycles. The molecular weight excluding hydrogens is 306 g/mol. The molecule has 0 aromatic heterocycles. The molecule has 0 saturated heterocycles. The van der Waals surface area contributed by atoms with Gasteiger partial charge in [-0.3, -0.25) is 14.9 Å². The second-order valence-electron chi connectivity index (χ2n) is 6.75. The zero-order valence-corrected chi connectivity index (χ0v) is 15.3. The van der Waals surface area contributed by atoms with Gasteiger partial charge in [0.15, 0.2) is 0 Å². The Balaban J connectivity index is 2.68. The maximum atomic E-state index is 12.2. The van der Waals surface area contributed by atoms with Crippen LogP contribution in [-0.4, -0.2) is 36.2 Å². The van der Waals surface area contributed by atoms with E-state index in [9.17, 15) is 9.59 Å². The molecule has 1 N–H and O–H groups in total. The lowest BCUT2D eigenvalue weighted by Crippen LogP contribution is -2.48. The molecule has 24 heavy (non-hydrogen) atoms. The van der Waals surface area contributed by atoms with Crippen LogP contribution in [0.4, 0.5) is 0 Å². The summed E-state index contributed by atoms with van der Waals surface area (Å²) in [6.07, 6.45) is 1.27. The van der Waals surface area contributed by atoms with Crippen molar-refractivity contribution in [3.8, 4) is 0 Å². The molecule has 5 nitrogen and oxygen atoms in total. The van der Waals surface area contributed by atoms with Crippen molar-refractivity contribution in [2.75, 3.05) is 6.61 Å². The maximum absolute atomic E-state index is 12.2. The van der Waals surface area contributed by atoms with E-state index in [-0.39, 0.29) is 11.9 Å². The Bertz CT molecular complexity index is 522. The van der Waals surface area contributed by atoms with Crippen LogP contribution in [0, 0.1) is 0 Å². The molecule has 0 saturated carbocycles. The lowest BCUT2D eigenvalue weighted by molar-refractivity contribution is -0.157. The van der Waals surface area contributed by atoms with E-state index in [1.54, 1.807) is 13.8 Å². The van der Waals surface area contributed by atoms with Crippen LogP contribution in [0.3, 0.4) is 0 Å². The van der Waals surface area contributed by atoms with Gasteiger partial charge >= 0.3 is 11.9 Å². The third-order valence-electron chi connectivity index (χ3n) is 3.35. The zero-order valence-electron chi connectivity index (χ0n) is 15.3. The molecule has 134 valence electrons. The van der Waals surface area contributed by atoms with Gasteiger partial charge in [0.25, 0.3) is 0 Å². The van der Waals surface area contributed by atoms with Crippen molar-refractivity contribution in [2.45, 2.75) is 65.1 Å². The van der Waals surface area contributed by atoms with Gasteiger partial charge in [-0.25, -0.2) is 0 Å². The Morgan fingerprint density at radius 3 is 2.29 bits per heavy atom. The fourth-order valence-corrected chi connectivity index (χ4v) is 2.23. The highest BCUT2D eigenvalue weighted by molar-refractivity contribution is 5.79. The van der Waals surface area contributed by atoms with Crippen LogP contribution in [0.1, 0.15) is 46.6 Å². The molecule has 0 spiro atoms. The second-order valence-corrected chi connectivity index (χ2v) is 6.75. The van der Waals surface area contributed by atoms with E-state index in [0.29, 0.717) is 13.0 Å². The summed E-state index contributed by atoms with van der Waals surface area (Å²) in [5.41, 5.74) is 0.578. The Kier molecular flexibility index (Phi) is 7.92. The average molecular weight is 335 g/mol. The van der Waals surface area contributed by atoms with E-state index in [1.165, 1.54) is 0 Å². The number of ether oxygens (including phenoxy) is 2. The molecule has 0 unspecified atom stereocenters. The summed E-state index contributed by atoms with van der Waals surface area (Å²) in [6.45, 7) is 9.22. The number of aryl methyl sites for hydroxylation is 1. The number of esters is 2. The summed E-state index contributed by atoms with van der Waals surface area (Å²) in [5.74, 6) is -0.722. The van der Waals surface area contributed by atoms with Gasteiger partial charge in [-0.15, -0.1) is 0 Å². The van der Waals surface area contributed by atoms with Gasteiger partial charge in [-0.2, -0.15) is 0 Å². The molecule has 0 radical (unpaired) electrons. The maximum Gasteiger partial charge on any atom is 0.323 e. The summed E-state index contributed by atoms with van der Waals surface area (Å²) >= 11 is 0. The van der Waals surface area contributed by atoms with E-state index in [0.717, 1.165) is 12.0 Å². The van der Waals surface area contributed by atoms with Gasteiger partial charge in [0.05, 0.1) is 6.61 Å². The highest BCUT2D eigenvalue weighted by Crippen LogP contribution is 2.11. The predicted octanol–water partition coefficient (Wildman–Crippen LogP) is 2.87. The number of hydrogen-bond donors (Lipinski definition) is 1. The minimum atomic E-state index is -0.589. The quantitative estimate of drug-likeness (QED) is 0.740. The normalized spacial score (nSPS) is 13.9. The molecule has 5 heteroatoms. The van der Waals surface area contributed by atoms with Crippen LogP contribution < -0.4 is 5.32 Å². The monoisotopic (exact) mass is 335 g/mol. The highest BCUT2D eigenvalue weighted by atomic mass is 16.6. The number of benzene rings is 1. The standard InChI is InChI=1S/C19H29NO4/c1-6-23-18(22)16(13-12-15-10-8-7-9-11-15)20-14(2)17(21)24-19(3,4)5/h7-11,14,16,20H,6,12-13H2,1-5H3/t14-,16+/m0/s1. The van der Waals surface area contributed by atoms with Crippen molar-refractivity contribution >= 4 is 11.9 Å². The topological polar surface area (TPSA) is 64.6 Å². The first-order chi connectivity index (χ1) is 11.2. The Labute approximate surface area is 144 Å². The van der Waals surface area contributed by atoms with Crippen molar-refractivity contribution in [3.63, 3.8) is 0 Å². The van der Waals surface area contributed by atoms with E-state index >= 15 is 0 Å². The predicted molar refractivity (Wildman–Crippen MR) is 93.6 cm³/mol. The van der Waals surface area contributed by atoms with Crippen LogP contribution in [-0.2, 0) is 25.5 Å². The molecule has 1 aromatic rings. The van der Waals surface area contributed by atoms with Crippen LogP contribution in [0.2, 0.25) is 0 Å². The molecule has 0 aliphatic heterocycles. The fourth-order valence-electron chi connectivity index (χ4n) is 2.23. The van der Waals surface area contributed by atoms with Gasteiger partial charge in [0.1, 0.15) is 17.7 Å². The molecule has 2 atom stereocenters. The SMILES string of the molecule is CCOC(=O)[C@@H](CCc1ccccc1)N[C@@H](C)C(=O)OC(C)(C)C. The molecule has 0 bridgehead atoms. The lowest BCUT2D eigenvalue weighted by Gasteiger charge is -2.25. The molecule has 0 amide bonds. The molecular formula is C19H29NO4. The molecule has 1 aromatic carbocycles. The highest BCUT2D eigenvalue weighted by Gasteiger charge is 2.27. The van der Waals surface area contributed by atoms with E-state index < -0.39 is 17.7 Å². The second kappa shape index (κ2) is 9.42. The van der Waals surface area contributed by atoms with Crippen LogP contribution in [0.15, 0.2) is 30.3 Å². The van der Waals surface area contributed by atoms with Gasteiger partial charge in [-0.05, 0) is 53.0 Å². The Hall–Kier alpha value is -1.88. The fraction of sp³-hybridized carbons (Fsp3) is 0.579.